The van der Waals surface area contributed by atoms with Crippen molar-refractivity contribution in [3.8, 4) is 0 Å². The second-order valence-electron chi connectivity index (χ2n) is 2.49. The van der Waals surface area contributed by atoms with Crippen LogP contribution in [0.25, 0.3) is 0 Å². The van der Waals surface area contributed by atoms with Crippen LogP contribution in [-0.4, -0.2) is 24.5 Å². The lowest BCUT2D eigenvalue weighted by Crippen LogP contribution is -2.17. The highest BCUT2D eigenvalue weighted by atomic mass is 32.3. The first-order valence-corrected chi connectivity index (χ1v) is 6.28. The summed E-state index contributed by atoms with van der Waals surface area (Å²) in [7, 11) is -10.1. The van der Waals surface area contributed by atoms with Gasteiger partial charge in [0, 0.05) is 0 Å². The molecule has 0 saturated carbocycles. The molecule has 1 atom stereocenters. The fraction of sp³-hybridized carbons (Fsp3) is 1.00. The number of halogens is 3. The molecular formula is C4H8F3NO5S2. The maximum absolute atomic E-state index is 11.9. The summed E-state index contributed by atoms with van der Waals surface area (Å²) in [6.07, 6.45) is -0.917. The van der Waals surface area contributed by atoms with Crippen molar-refractivity contribution in [2.75, 3.05) is 0 Å². The molecule has 0 aliphatic carbocycles. The van der Waals surface area contributed by atoms with Crippen LogP contribution in [0.3, 0.4) is 0 Å². The molecular weight excluding hydrogens is 263 g/mol. The van der Waals surface area contributed by atoms with Gasteiger partial charge in [0.1, 0.15) is 0 Å². The van der Waals surface area contributed by atoms with Gasteiger partial charge in [-0.25, -0.2) is 8.39 Å². The topological polar surface area (TPSA) is 82.0 Å². The van der Waals surface area contributed by atoms with Gasteiger partial charge in [-0.05, 0) is 18.4 Å². The Hall–Kier alpha value is -0.390. The summed E-state index contributed by atoms with van der Waals surface area (Å²) in [5, 5.41) is 0. The zero-order chi connectivity index (χ0) is 12.3. The summed E-state index contributed by atoms with van der Waals surface area (Å²) in [5.74, 6) is -3.91. The molecule has 0 aromatic rings. The number of hydrogen-bond donors (Lipinski definition) is 0. The Morgan fingerprint density at radius 2 is 1.67 bits per heavy atom. The van der Waals surface area contributed by atoms with E-state index in [1.165, 1.54) is 13.8 Å². The van der Waals surface area contributed by atoms with Gasteiger partial charge >= 0.3 is 16.1 Å². The van der Waals surface area contributed by atoms with Gasteiger partial charge in [-0.15, -0.1) is 0 Å². The lowest BCUT2D eigenvalue weighted by Gasteiger charge is -2.05. The van der Waals surface area contributed by atoms with Crippen LogP contribution in [0.4, 0.5) is 13.3 Å². The molecule has 0 rings (SSSR count). The van der Waals surface area contributed by atoms with Crippen molar-refractivity contribution in [2.45, 2.75) is 25.7 Å². The van der Waals surface area contributed by atoms with Crippen LogP contribution in [0.2, 0.25) is 0 Å². The van der Waals surface area contributed by atoms with E-state index < -0.39 is 32.2 Å². The van der Waals surface area contributed by atoms with Gasteiger partial charge in [0.25, 0.3) is 10.0 Å². The van der Waals surface area contributed by atoms with Crippen LogP contribution in [0.5, 0.6) is 0 Å². The summed E-state index contributed by atoms with van der Waals surface area (Å²) in [6.45, 7) is 2.52. The molecule has 0 radical (unpaired) electrons. The molecule has 0 spiro atoms. The van der Waals surface area contributed by atoms with E-state index in [1.807, 2.05) is 3.77 Å². The minimum atomic E-state index is -5.23. The standard InChI is InChI=1S/C4H8F3NO5S2/c1-3(2)12-15(10,11)8-14(9,13-7)4(5)6/h3-4H,1-2H3. The van der Waals surface area contributed by atoms with Crippen LogP contribution in [0.15, 0.2) is 3.77 Å². The molecule has 0 heterocycles. The lowest BCUT2D eigenvalue weighted by molar-refractivity contribution is -0.000874. The summed E-state index contributed by atoms with van der Waals surface area (Å²) < 4.78 is 75.9. The highest BCUT2D eigenvalue weighted by Gasteiger charge is 2.29. The van der Waals surface area contributed by atoms with Gasteiger partial charge < -0.3 is 0 Å². The maximum Gasteiger partial charge on any atom is 0.391 e. The van der Waals surface area contributed by atoms with Crippen LogP contribution >= 0.6 is 0 Å². The molecule has 0 saturated heterocycles. The van der Waals surface area contributed by atoms with E-state index >= 15 is 0 Å². The van der Waals surface area contributed by atoms with E-state index in [0.29, 0.717) is 0 Å². The zero-order valence-electron chi connectivity index (χ0n) is 7.59. The van der Waals surface area contributed by atoms with Crippen molar-refractivity contribution >= 4 is 20.3 Å². The molecule has 0 N–H and O–H groups in total. The molecule has 0 aliphatic rings. The third kappa shape index (κ3) is 4.77. The molecule has 11 heteroatoms. The molecule has 6 nitrogen and oxygen atoms in total. The van der Waals surface area contributed by atoms with Gasteiger partial charge in [0.2, 0.25) is 0 Å². The van der Waals surface area contributed by atoms with Crippen molar-refractivity contribution < 1.29 is 34.5 Å². The van der Waals surface area contributed by atoms with Crippen molar-refractivity contribution in [3.63, 3.8) is 0 Å². The van der Waals surface area contributed by atoms with E-state index in [0.717, 1.165) is 0 Å². The van der Waals surface area contributed by atoms with E-state index in [4.69, 9.17) is 0 Å². The van der Waals surface area contributed by atoms with Crippen molar-refractivity contribution in [1.29, 1.82) is 0 Å². The number of rotatable bonds is 5. The Labute approximate surface area is 84.9 Å². The molecule has 15 heavy (non-hydrogen) atoms. The van der Waals surface area contributed by atoms with E-state index in [9.17, 15) is 25.9 Å². The quantitative estimate of drug-likeness (QED) is 0.749. The molecule has 92 valence electrons. The molecule has 0 amide bonds. The summed E-state index contributed by atoms with van der Waals surface area (Å²) in [4.78, 5) is 0. The van der Waals surface area contributed by atoms with Gasteiger partial charge in [0.15, 0.2) is 0 Å². The average Bonchev–Trinajstić information content (AvgIpc) is 2.00. The maximum atomic E-state index is 11.9. The Bertz CT molecular complexity index is 410. The molecule has 0 aliphatic heterocycles. The third-order valence-electron chi connectivity index (χ3n) is 0.825. The highest BCUT2D eigenvalue weighted by Crippen LogP contribution is 2.15. The van der Waals surface area contributed by atoms with E-state index in [2.05, 4.69) is 8.57 Å². The SMILES string of the molecule is CC(C)OS(=O)(=O)N=S(=O)(OF)C(F)F. The summed E-state index contributed by atoms with van der Waals surface area (Å²) in [5.41, 5.74) is 0. The molecule has 0 aromatic carbocycles. The Morgan fingerprint density at radius 3 is 1.93 bits per heavy atom. The average molecular weight is 271 g/mol. The van der Waals surface area contributed by atoms with Gasteiger partial charge in [-0.2, -0.15) is 17.2 Å². The van der Waals surface area contributed by atoms with Gasteiger partial charge in [0.05, 0.1) is 6.10 Å². The van der Waals surface area contributed by atoms with Crippen LogP contribution in [-0.2, 0) is 28.9 Å². The largest absolute Gasteiger partial charge is 0.391 e. The van der Waals surface area contributed by atoms with Gasteiger partial charge in [-0.1, -0.05) is 8.16 Å². The van der Waals surface area contributed by atoms with E-state index in [-0.39, 0.29) is 0 Å². The van der Waals surface area contributed by atoms with Crippen molar-refractivity contribution in [1.82, 2.24) is 0 Å². The minimum absolute atomic E-state index is 0.917. The van der Waals surface area contributed by atoms with E-state index in [1.54, 1.807) is 0 Å². The number of hydrogen-bond acceptors (Lipinski definition) is 5. The first kappa shape index (κ1) is 14.6. The summed E-state index contributed by atoms with van der Waals surface area (Å²) >= 11 is 0. The highest BCUT2D eigenvalue weighted by molar-refractivity contribution is 7.98. The second kappa shape index (κ2) is 5.09. The monoisotopic (exact) mass is 271 g/mol. The number of nitrogens with zero attached hydrogens (tertiary/aromatic N) is 1. The Morgan fingerprint density at radius 1 is 1.20 bits per heavy atom. The van der Waals surface area contributed by atoms with Crippen molar-refractivity contribution in [2.24, 2.45) is 3.77 Å². The first-order chi connectivity index (χ1) is 6.63. The predicted molar refractivity (Wildman–Crippen MR) is 43.9 cm³/mol. The smallest absolute Gasteiger partial charge is 0.249 e. The fourth-order valence-electron chi connectivity index (χ4n) is 0.460. The third-order valence-corrected chi connectivity index (χ3v) is 3.65. The predicted octanol–water partition coefficient (Wildman–Crippen LogP) is 1.16. The lowest BCUT2D eigenvalue weighted by atomic mass is 10.5. The Balaban J connectivity index is 5.28. The van der Waals surface area contributed by atoms with Crippen molar-refractivity contribution in [3.05, 3.63) is 0 Å². The number of alkyl halides is 2. The molecule has 1 unspecified atom stereocenters. The molecule has 0 aromatic heterocycles. The summed E-state index contributed by atoms with van der Waals surface area (Å²) in [6, 6.07) is 0. The first-order valence-electron chi connectivity index (χ1n) is 3.42. The molecule has 0 fully saturated rings. The van der Waals surface area contributed by atoms with Crippen LogP contribution in [0, 0.1) is 0 Å². The Kier molecular flexibility index (Phi) is 4.96. The molecule has 0 bridgehead atoms. The second-order valence-corrected chi connectivity index (χ2v) is 5.64. The minimum Gasteiger partial charge on any atom is -0.249 e. The normalized spacial score (nSPS) is 16.7. The fourth-order valence-corrected chi connectivity index (χ4v) is 2.51. The zero-order valence-corrected chi connectivity index (χ0v) is 9.23. The van der Waals surface area contributed by atoms with Crippen LogP contribution < -0.4 is 0 Å². The van der Waals surface area contributed by atoms with Crippen LogP contribution in [0.1, 0.15) is 13.8 Å². The van der Waals surface area contributed by atoms with Gasteiger partial charge in [-0.3, -0.25) is 0 Å².